The van der Waals surface area contributed by atoms with Crippen molar-refractivity contribution < 1.29 is 28.8 Å². The van der Waals surface area contributed by atoms with Crippen LogP contribution < -0.4 is 5.32 Å². The van der Waals surface area contributed by atoms with Gasteiger partial charge in [-0.2, -0.15) is 0 Å². The van der Waals surface area contributed by atoms with Gasteiger partial charge in [0, 0.05) is 13.0 Å². The third-order valence-corrected chi connectivity index (χ3v) is 7.35. The molecule has 0 aliphatic heterocycles. The van der Waals surface area contributed by atoms with Crippen LogP contribution in [0, 0.1) is 0 Å². The van der Waals surface area contributed by atoms with Crippen molar-refractivity contribution in [2.24, 2.45) is 0 Å². The maximum Gasteiger partial charge on any atom is 0.469 e. The quantitative estimate of drug-likeness (QED) is 0.0637. The van der Waals surface area contributed by atoms with E-state index in [1.54, 1.807) is 0 Å². The number of amides is 1. The highest BCUT2D eigenvalue weighted by Gasteiger charge is 2.27. The number of aliphatic hydroxyl groups is 1. The zero-order valence-corrected chi connectivity index (χ0v) is 24.3. The molecule has 2 atom stereocenters. The Hall–Kier alpha value is -0.460. The van der Waals surface area contributed by atoms with Crippen molar-refractivity contribution in [3.8, 4) is 0 Å². The van der Waals surface area contributed by atoms with E-state index in [1.165, 1.54) is 64.2 Å². The van der Waals surface area contributed by atoms with E-state index in [1.807, 2.05) is 0 Å². The molecule has 4 N–H and O–H groups in total. The Bertz CT molecular complexity index is 542. The highest BCUT2D eigenvalue weighted by Crippen LogP contribution is 2.40. The first-order valence-electron chi connectivity index (χ1n) is 15.0. The highest BCUT2D eigenvalue weighted by molar-refractivity contribution is 7.46. The van der Waals surface area contributed by atoms with Crippen LogP contribution in [0.25, 0.3) is 0 Å². The summed E-state index contributed by atoms with van der Waals surface area (Å²) in [6.07, 6.45) is 20.9. The number of hydrogen-bond acceptors (Lipinski definition) is 4. The van der Waals surface area contributed by atoms with Crippen LogP contribution in [0.15, 0.2) is 0 Å². The second kappa shape index (κ2) is 24.9. The third-order valence-electron chi connectivity index (χ3n) is 6.80. The molecule has 0 radical (unpaired) electrons. The smallest absolute Gasteiger partial charge is 0.390 e. The Morgan fingerprint density at radius 1 is 0.694 bits per heavy atom. The predicted octanol–water partition coefficient (Wildman–Crippen LogP) is 7.56. The molecule has 0 aromatic carbocycles. The minimum Gasteiger partial charge on any atom is -0.390 e. The van der Waals surface area contributed by atoms with E-state index in [-0.39, 0.29) is 5.91 Å². The lowest BCUT2D eigenvalue weighted by Crippen LogP contribution is -2.28. The van der Waals surface area contributed by atoms with Gasteiger partial charge in [-0.3, -0.25) is 9.32 Å². The zero-order chi connectivity index (χ0) is 26.9. The standard InChI is InChI=1S/C28H58NO6P/c1-3-5-7-9-11-12-17-21-25-29-28(31)24-20-16-13-15-19-23-27(35-36(32,33)34)26(30)22-18-14-10-8-6-4-2/h26-27,30H,3-25H2,1-2H3,(H,29,31)(H2,32,33,34). The average Bonchev–Trinajstić information content (AvgIpc) is 2.83. The lowest BCUT2D eigenvalue weighted by molar-refractivity contribution is -0.121. The topological polar surface area (TPSA) is 116 Å². The number of carbonyl (C=O) groups is 1. The summed E-state index contributed by atoms with van der Waals surface area (Å²) in [5, 5.41) is 13.4. The predicted molar refractivity (Wildman–Crippen MR) is 149 cm³/mol. The van der Waals surface area contributed by atoms with E-state index in [0.717, 1.165) is 64.3 Å². The number of phosphoric acid groups is 1. The Labute approximate surface area is 221 Å². The fourth-order valence-corrected chi connectivity index (χ4v) is 5.15. The Morgan fingerprint density at radius 2 is 1.14 bits per heavy atom. The number of rotatable bonds is 27. The van der Waals surface area contributed by atoms with Crippen LogP contribution in [0.5, 0.6) is 0 Å². The van der Waals surface area contributed by atoms with Crippen LogP contribution in [0.4, 0.5) is 0 Å². The molecule has 36 heavy (non-hydrogen) atoms. The average molecular weight is 536 g/mol. The number of carbonyl (C=O) groups excluding carboxylic acids is 1. The third kappa shape index (κ3) is 25.2. The summed E-state index contributed by atoms with van der Waals surface area (Å²) in [6.45, 7) is 5.18. The molecule has 8 heteroatoms. The van der Waals surface area contributed by atoms with Gasteiger partial charge in [-0.25, -0.2) is 4.57 Å². The van der Waals surface area contributed by atoms with Gasteiger partial charge in [0.05, 0.1) is 12.2 Å². The summed E-state index contributed by atoms with van der Waals surface area (Å²) in [5.41, 5.74) is 0. The van der Waals surface area contributed by atoms with Crippen LogP contribution in [-0.4, -0.2) is 39.6 Å². The van der Waals surface area contributed by atoms with Crippen molar-refractivity contribution in [1.29, 1.82) is 0 Å². The maximum absolute atomic E-state index is 12.0. The van der Waals surface area contributed by atoms with Gasteiger partial charge in [0.15, 0.2) is 0 Å². The second-order valence-corrected chi connectivity index (χ2v) is 11.6. The molecule has 0 spiro atoms. The Balaban J connectivity index is 3.82. The van der Waals surface area contributed by atoms with Crippen molar-refractivity contribution in [3.63, 3.8) is 0 Å². The molecule has 0 heterocycles. The van der Waals surface area contributed by atoms with Gasteiger partial charge in [0.1, 0.15) is 0 Å². The SMILES string of the molecule is CCCCCCCCCCNC(=O)CCCCCCCC(OP(=O)(O)O)C(O)CCCCCCCC. The molecule has 0 aromatic heterocycles. The summed E-state index contributed by atoms with van der Waals surface area (Å²) in [4.78, 5) is 30.4. The number of hydrogen-bond donors (Lipinski definition) is 4. The minimum absolute atomic E-state index is 0.130. The Kier molecular flexibility index (Phi) is 24.5. The summed E-state index contributed by atoms with van der Waals surface area (Å²) in [7, 11) is -4.63. The van der Waals surface area contributed by atoms with Crippen LogP contribution in [0.3, 0.4) is 0 Å². The summed E-state index contributed by atoms with van der Waals surface area (Å²) < 4.78 is 16.2. The van der Waals surface area contributed by atoms with Gasteiger partial charge in [0.2, 0.25) is 5.91 Å². The first-order chi connectivity index (χ1) is 17.3. The first kappa shape index (κ1) is 35.5. The monoisotopic (exact) mass is 535 g/mol. The molecule has 0 bridgehead atoms. The van der Waals surface area contributed by atoms with Crippen LogP contribution in [0.1, 0.15) is 155 Å². The molecule has 7 nitrogen and oxygen atoms in total. The summed E-state index contributed by atoms with van der Waals surface area (Å²) in [5.74, 6) is 0.130. The number of aliphatic hydroxyl groups excluding tert-OH is 1. The fraction of sp³-hybridized carbons (Fsp3) is 0.964. The van der Waals surface area contributed by atoms with Crippen molar-refractivity contribution in [2.45, 2.75) is 167 Å². The van der Waals surface area contributed by atoms with Gasteiger partial charge in [0.25, 0.3) is 0 Å². The van der Waals surface area contributed by atoms with E-state index >= 15 is 0 Å². The van der Waals surface area contributed by atoms with Gasteiger partial charge < -0.3 is 20.2 Å². The highest BCUT2D eigenvalue weighted by atomic mass is 31.2. The van der Waals surface area contributed by atoms with Crippen LogP contribution in [-0.2, 0) is 13.9 Å². The number of phosphoric ester groups is 1. The molecule has 0 aromatic rings. The fourth-order valence-electron chi connectivity index (χ4n) is 4.55. The molecule has 2 unspecified atom stereocenters. The summed E-state index contributed by atoms with van der Waals surface area (Å²) in [6, 6.07) is 0. The molecule has 216 valence electrons. The molecular formula is C28H58NO6P. The van der Waals surface area contributed by atoms with Gasteiger partial charge >= 0.3 is 7.82 Å². The summed E-state index contributed by atoms with van der Waals surface area (Å²) >= 11 is 0. The lowest BCUT2D eigenvalue weighted by atomic mass is 9.99. The van der Waals surface area contributed by atoms with Crippen molar-refractivity contribution >= 4 is 13.7 Å². The van der Waals surface area contributed by atoms with Gasteiger partial charge in [-0.05, 0) is 25.7 Å². The lowest BCUT2D eigenvalue weighted by Gasteiger charge is -2.23. The number of unbranched alkanes of at least 4 members (excludes halogenated alkanes) is 16. The molecule has 0 saturated heterocycles. The normalized spacial score (nSPS) is 13.6. The van der Waals surface area contributed by atoms with Crippen LogP contribution in [0.2, 0.25) is 0 Å². The van der Waals surface area contributed by atoms with Gasteiger partial charge in [-0.15, -0.1) is 0 Å². The van der Waals surface area contributed by atoms with E-state index in [0.29, 0.717) is 19.3 Å². The molecule has 0 aliphatic carbocycles. The largest absolute Gasteiger partial charge is 0.469 e. The van der Waals surface area contributed by atoms with Crippen molar-refractivity contribution in [1.82, 2.24) is 5.32 Å². The van der Waals surface area contributed by atoms with Crippen LogP contribution >= 0.6 is 7.82 Å². The molecule has 0 aliphatic rings. The first-order valence-corrected chi connectivity index (χ1v) is 16.5. The Morgan fingerprint density at radius 3 is 1.67 bits per heavy atom. The molecule has 1 amide bonds. The molecule has 0 saturated carbocycles. The van der Waals surface area contributed by atoms with Crippen molar-refractivity contribution in [3.05, 3.63) is 0 Å². The van der Waals surface area contributed by atoms with E-state index < -0.39 is 20.0 Å². The molecule has 0 fully saturated rings. The number of nitrogens with one attached hydrogen (secondary N) is 1. The maximum atomic E-state index is 12.0. The van der Waals surface area contributed by atoms with E-state index in [2.05, 4.69) is 19.2 Å². The second-order valence-electron chi connectivity index (χ2n) is 10.4. The minimum atomic E-state index is -4.63. The molecule has 0 rings (SSSR count). The zero-order valence-electron chi connectivity index (χ0n) is 23.4. The van der Waals surface area contributed by atoms with Gasteiger partial charge in [-0.1, -0.05) is 123 Å². The van der Waals surface area contributed by atoms with E-state index in [9.17, 15) is 24.3 Å². The van der Waals surface area contributed by atoms with E-state index in [4.69, 9.17) is 4.52 Å². The molecular weight excluding hydrogens is 477 g/mol. The van der Waals surface area contributed by atoms with Crippen molar-refractivity contribution in [2.75, 3.05) is 6.54 Å².